The fourth-order valence-electron chi connectivity index (χ4n) is 1.37. The van der Waals surface area contributed by atoms with Gasteiger partial charge in [0.15, 0.2) is 0 Å². The average molecular weight is 166 g/mol. The smallest absolute Gasteiger partial charge is 0.283 e. The van der Waals surface area contributed by atoms with Crippen molar-refractivity contribution in [2.45, 2.75) is 6.54 Å². The fraction of sp³-hybridized carbons (Fsp3) is 0.625. The Hall–Kier alpha value is -0.870. The van der Waals surface area contributed by atoms with E-state index in [2.05, 4.69) is 21.6 Å². The van der Waals surface area contributed by atoms with Crippen LogP contribution in [0.2, 0.25) is 0 Å². The highest BCUT2D eigenvalue weighted by molar-refractivity contribution is 4.88. The zero-order valence-electron chi connectivity index (χ0n) is 6.92. The lowest BCUT2D eigenvalue weighted by Crippen LogP contribution is -2.42. The van der Waals surface area contributed by atoms with Crippen LogP contribution in [0.5, 0.6) is 0 Å². The summed E-state index contributed by atoms with van der Waals surface area (Å²) in [6, 6.07) is 0. The second-order valence-corrected chi connectivity index (χ2v) is 2.94. The Kier molecular flexibility index (Phi) is 2.39. The van der Waals surface area contributed by atoms with Crippen molar-refractivity contribution in [2.24, 2.45) is 0 Å². The quantitative estimate of drug-likeness (QED) is 0.665. The van der Waals surface area contributed by atoms with Crippen LogP contribution in [-0.2, 0) is 6.54 Å². The third kappa shape index (κ3) is 1.84. The summed E-state index contributed by atoms with van der Waals surface area (Å²) in [6.45, 7) is 5.16. The third-order valence-corrected chi connectivity index (χ3v) is 2.03. The molecule has 0 aliphatic carbocycles. The summed E-state index contributed by atoms with van der Waals surface area (Å²) in [5.41, 5.74) is 0. The van der Waals surface area contributed by atoms with Crippen molar-refractivity contribution in [2.75, 3.05) is 26.2 Å². The predicted molar refractivity (Wildman–Crippen MR) is 43.5 cm³/mol. The summed E-state index contributed by atoms with van der Waals surface area (Å²) in [7, 11) is 0. The lowest BCUT2D eigenvalue weighted by Gasteiger charge is -2.25. The lowest BCUT2D eigenvalue weighted by molar-refractivity contribution is 0.216. The molecule has 0 amide bonds. The summed E-state index contributed by atoms with van der Waals surface area (Å²) in [5.74, 6) is 0.900. The molecule has 0 unspecified atom stereocenters. The van der Waals surface area contributed by atoms with Gasteiger partial charge < -0.3 is 9.73 Å². The number of rotatable bonds is 2. The molecule has 65 valence electrons. The number of hydrogen-bond acceptors (Lipinski definition) is 4. The SMILES string of the molecule is [c]1ncc(CN2CCNCC2)o1. The average Bonchev–Trinajstić information content (AvgIpc) is 2.59. The minimum atomic E-state index is 0.859. The summed E-state index contributed by atoms with van der Waals surface area (Å²) in [4.78, 5) is 6.09. The highest BCUT2D eigenvalue weighted by atomic mass is 16.3. The van der Waals surface area contributed by atoms with E-state index < -0.39 is 0 Å². The van der Waals surface area contributed by atoms with E-state index in [4.69, 9.17) is 4.42 Å². The van der Waals surface area contributed by atoms with Gasteiger partial charge in [0, 0.05) is 26.2 Å². The van der Waals surface area contributed by atoms with Crippen LogP contribution < -0.4 is 5.32 Å². The van der Waals surface area contributed by atoms with Gasteiger partial charge in [-0.3, -0.25) is 4.90 Å². The monoisotopic (exact) mass is 166 g/mol. The zero-order chi connectivity index (χ0) is 8.23. The van der Waals surface area contributed by atoms with E-state index in [-0.39, 0.29) is 0 Å². The molecule has 0 atom stereocenters. The molecular formula is C8H12N3O. The van der Waals surface area contributed by atoms with Crippen LogP contribution in [0.15, 0.2) is 10.6 Å². The van der Waals surface area contributed by atoms with Gasteiger partial charge in [-0.15, -0.1) is 0 Å². The molecule has 1 aliphatic rings. The van der Waals surface area contributed by atoms with Crippen LogP contribution in [0.1, 0.15) is 5.76 Å². The maximum atomic E-state index is 5.04. The summed E-state index contributed by atoms with van der Waals surface area (Å²) >= 11 is 0. The van der Waals surface area contributed by atoms with Gasteiger partial charge in [0.1, 0.15) is 5.76 Å². The van der Waals surface area contributed by atoms with E-state index in [1.165, 1.54) is 0 Å². The third-order valence-electron chi connectivity index (χ3n) is 2.03. The number of hydrogen-bond donors (Lipinski definition) is 1. The minimum Gasteiger partial charge on any atom is -0.436 e. The van der Waals surface area contributed by atoms with Crippen molar-refractivity contribution in [1.82, 2.24) is 15.2 Å². The molecule has 4 nitrogen and oxygen atoms in total. The van der Waals surface area contributed by atoms with Crippen LogP contribution >= 0.6 is 0 Å². The molecule has 4 heteroatoms. The first kappa shape index (κ1) is 7.76. The molecule has 1 fully saturated rings. The molecule has 1 aromatic rings. The number of piperazine rings is 1. The van der Waals surface area contributed by atoms with Gasteiger partial charge in [-0.25, -0.2) is 4.98 Å². The number of nitrogens with one attached hydrogen (secondary N) is 1. The van der Waals surface area contributed by atoms with Gasteiger partial charge in [-0.2, -0.15) is 0 Å². The molecule has 0 saturated carbocycles. The van der Waals surface area contributed by atoms with E-state index in [9.17, 15) is 0 Å². The predicted octanol–water partition coefficient (Wildman–Crippen LogP) is -0.120. The van der Waals surface area contributed by atoms with Crippen LogP contribution in [0, 0.1) is 6.39 Å². The zero-order valence-corrected chi connectivity index (χ0v) is 6.92. The van der Waals surface area contributed by atoms with Gasteiger partial charge in [-0.05, 0) is 0 Å². The molecule has 0 bridgehead atoms. The van der Waals surface area contributed by atoms with Gasteiger partial charge in [0.25, 0.3) is 6.39 Å². The number of oxazole rings is 1. The highest BCUT2D eigenvalue weighted by Gasteiger charge is 2.10. The maximum absolute atomic E-state index is 5.04. The van der Waals surface area contributed by atoms with E-state index in [0.717, 1.165) is 38.5 Å². The van der Waals surface area contributed by atoms with Crippen LogP contribution in [0.25, 0.3) is 0 Å². The molecule has 1 aromatic heterocycles. The minimum absolute atomic E-state index is 0.859. The molecule has 1 N–H and O–H groups in total. The Bertz CT molecular complexity index is 216. The Morgan fingerprint density at radius 1 is 1.58 bits per heavy atom. The molecule has 2 heterocycles. The molecule has 0 aromatic carbocycles. The van der Waals surface area contributed by atoms with Crippen molar-refractivity contribution >= 4 is 0 Å². The Labute approximate surface area is 71.6 Å². The van der Waals surface area contributed by atoms with E-state index in [1.807, 2.05) is 0 Å². The van der Waals surface area contributed by atoms with Gasteiger partial charge in [-0.1, -0.05) is 0 Å². The van der Waals surface area contributed by atoms with E-state index in [1.54, 1.807) is 6.20 Å². The normalized spacial score (nSPS) is 19.7. The molecule has 2 rings (SSSR count). The van der Waals surface area contributed by atoms with Crippen molar-refractivity contribution < 1.29 is 4.42 Å². The van der Waals surface area contributed by atoms with Crippen molar-refractivity contribution in [1.29, 1.82) is 0 Å². The Balaban J connectivity index is 1.86. The molecule has 1 aliphatic heterocycles. The summed E-state index contributed by atoms with van der Waals surface area (Å²) in [5, 5.41) is 3.30. The largest absolute Gasteiger partial charge is 0.436 e. The van der Waals surface area contributed by atoms with Crippen molar-refractivity contribution in [3.8, 4) is 0 Å². The van der Waals surface area contributed by atoms with Gasteiger partial charge in [0.2, 0.25) is 0 Å². The Morgan fingerprint density at radius 3 is 3.08 bits per heavy atom. The van der Waals surface area contributed by atoms with Crippen LogP contribution in [-0.4, -0.2) is 36.1 Å². The van der Waals surface area contributed by atoms with Gasteiger partial charge in [0.05, 0.1) is 12.7 Å². The maximum Gasteiger partial charge on any atom is 0.283 e. The molecule has 0 spiro atoms. The molecule has 1 radical (unpaired) electrons. The van der Waals surface area contributed by atoms with E-state index in [0.29, 0.717) is 0 Å². The number of nitrogens with zero attached hydrogens (tertiary/aromatic N) is 2. The highest BCUT2D eigenvalue weighted by Crippen LogP contribution is 2.03. The number of aromatic nitrogens is 1. The Morgan fingerprint density at radius 2 is 2.42 bits per heavy atom. The lowest BCUT2D eigenvalue weighted by atomic mass is 10.3. The van der Waals surface area contributed by atoms with E-state index >= 15 is 0 Å². The first-order valence-electron chi connectivity index (χ1n) is 4.19. The van der Waals surface area contributed by atoms with Crippen molar-refractivity contribution in [3.05, 3.63) is 18.4 Å². The summed E-state index contributed by atoms with van der Waals surface area (Å²) in [6.07, 6.45) is 4.18. The molecular weight excluding hydrogens is 154 g/mol. The van der Waals surface area contributed by atoms with Crippen molar-refractivity contribution in [3.63, 3.8) is 0 Å². The molecule has 1 saturated heterocycles. The van der Waals surface area contributed by atoms with Crippen LogP contribution in [0.3, 0.4) is 0 Å². The standard InChI is InChI=1S/C8H12N3O/c1-3-11(4-2-9-1)6-8-5-10-7-12-8/h5,9H,1-4,6H2. The summed E-state index contributed by atoms with van der Waals surface area (Å²) < 4.78 is 5.04. The topological polar surface area (TPSA) is 41.3 Å². The second-order valence-electron chi connectivity index (χ2n) is 2.94. The first-order chi connectivity index (χ1) is 5.95. The van der Waals surface area contributed by atoms with Crippen LogP contribution in [0.4, 0.5) is 0 Å². The second kappa shape index (κ2) is 3.69. The molecule has 12 heavy (non-hydrogen) atoms. The van der Waals surface area contributed by atoms with Gasteiger partial charge >= 0.3 is 0 Å². The fourth-order valence-corrected chi connectivity index (χ4v) is 1.37. The first-order valence-corrected chi connectivity index (χ1v) is 4.19.